The summed E-state index contributed by atoms with van der Waals surface area (Å²) in [6.07, 6.45) is 2.40. The van der Waals surface area contributed by atoms with E-state index in [2.05, 4.69) is 27.3 Å². The lowest BCUT2D eigenvalue weighted by molar-refractivity contribution is 0.352. The van der Waals surface area contributed by atoms with Crippen LogP contribution in [0.3, 0.4) is 0 Å². The molecule has 88 valence electrons. The average Bonchev–Trinajstić information content (AvgIpc) is 2.81. The van der Waals surface area contributed by atoms with Crippen LogP contribution in [-0.4, -0.2) is 20.8 Å². The minimum absolute atomic E-state index is 0.425. The van der Waals surface area contributed by atoms with Crippen LogP contribution in [0.1, 0.15) is 24.4 Å². The molecule has 0 spiro atoms. The molecule has 0 amide bonds. The number of hydrogen-bond acceptors (Lipinski definition) is 3. The van der Waals surface area contributed by atoms with Crippen LogP contribution in [0, 0.1) is 0 Å². The maximum Gasteiger partial charge on any atom is 0.175 e. The van der Waals surface area contributed by atoms with Gasteiger partial charge in [0.15, 0.2) is 11.5 Å². The van der Waals surface area contributed by atoms with E-state index in [4.69, 9.17) is 9.47 Å². The monoisotopic (exact) mass is 285 g/mol. The van der Waals surface area contributed by atoms with Gasteiger partial charge in [0.25, 0.3) is 0 Å². The Morgan fingerprint density at radius 1 is 1.31 bits per heavy atom. The molecule has 0 saturated carbocycles. The summed E-state index contributed by atoms with van der Waals surface area (Å²) in [5.74, 6) is 1.53. The van der Waals surface area contributed by atoms with Crippen molar-refractivity contribution in [3.8, 4) is 11.5 Å². The first kappa shape index (κ1) is 11.7. The lowest BCUT2D eigenvalue weighted by Crippen LogP contribution is -2.13. The SMILES string of the molecule is COc1ccc(C2CCCN2)c(Br)c1OC. The molecule has 1 atom stereocenters. The molecule has 1 aliphatic rings. The maximum atomic E-state index is 5.37. The van der Waals surface area contributed by atoms with Crippen molar-refractivity contribution in [1.82, 2.24) is 5.32 Å². The summed E-state index contributed by atoms with van der Waals surface area (Å²) >= 11 is 3.60. The molecule has 1 heterocycles. The highest BCUT2D eigenvalue weighted by molar-refractivity contribution is 9.10. The Morgan fingerprint density at radius 2 is 2.12 bits per heavy atom. The lowest BCUT2D eigenvalue weighted by Gasteiger charge is -2.17. The Balaban J connectivity index is 2.39. The topological polar surface area (TPSA) is 30.5 Å². The summed E-state index contributed by atoms with van der Waals surface area (Å²) < 4.78 is 11.6. The van der Waals surface area contributed by atoms with Crippen molar-refractivity contribution < 1.29 is 9.47 Å². The summed E-state index contributed by atoms with van der Waals surface area (Å²) in [6.45, 7) is 1.09. The van der Waals surface area contributed by atoms with Crippen LogP contribution in [0.5, 0.6) is 11.5 Å². The van der Waals surface area contributed by atoms with Gasteiger partial charge in [0.2, 0.25) is 0 Å². The Morgan fingerprint density at radius 3 is 2.69 bits per heavy atom. The van der Waals surface area contributed by atoms with Crippen molar-refractivity contribution in [1.29, 1.82) is 0 Å². The molecule has 0 radical (unpaired) electrons. The maximum absolute atomic E-state index is 5.37. The quantitative estimate of drug-likeness (QED) is 0.926. The van der Waals surface area contributed by atoms with Crippen LogP contribution in [0.2, 0.25) is 0 Å². The molecule has 4 heteroatoms. The second-order valence-corrected chi connectivity index (χ2v) is 4.65. The van der Waals surface area contributed by atoms with E-state index in [1.807, 2.05) is 6.07 Å². The molecule has 1 aliphatic heterocycles. The lowest BCUT2D eigenvalue weighted by atomic mass is 10.0. The highest BCUT2D eigenvalue weighted by atomic mass is 79.9. The molecule has 3 nitrogen and oxygen atoms in total. The van der Waals surface area contributed by atoms with Gasteiger partial charge in [-0.25, -0.2) is 0 Å². The predicted molar refractivity (Wildman–Crippen MR) is 67.2 cm³/mol. The zero-order valence-electron chi connectivity index (χ0n) is 9.55. The standard InChI is InChI=1S/C12H16BrNO2/c1-15-10-6-5-8(9-4-3-7-14-9)11(13)12(10)16-2/h5-6,9,14H,3-4,7H2,1-2H3. The first-order chi connectivity index (χ1) is 7.77. The third-order valence-corrected chi connectivity index (χ3v) is 3.77. The predicted octanol–water partition coefficient (Wildman–Crippen LogP) is 2.89. The van der Waals surface area contributed by atoms with Gasteiger partial charge in [-0.1, -0.05) is 6.07 Å². The number of halogens is 1. The van der Waals surface area contributed by atoms with Gasteiger partial charge >= 0.3 is 0 Å². The van der Waals surface area contributed by atoms with E-state index in [-0.39, 0.29) is 0 Å². The van der Waals surface area contributed by atoms with Gasteiger partial charge in [-0.3, -0.25) is 0 Å². The third-order valence-electron chi connectivity index (χ3n) is 2.95. The Labute approximate surface area is 104 Å². The van der Waals surface area contributed by atoms with Crippen molar-refractivity contribution >= 4 is 15.9 Å². The molecule has 16 heavy (non-hydrogen) atoms. The second-order valence-electron chi connectivity index (χ2n) is 3.85. The zero-order chi connectivity index (χ0) is 11.5. The van der Waals surface area contributed by atoms with Crippen LogP contribution >= 0.6 is 15.9 Å². The minimum Gasteiger partial charge on any atom is -0.493 e. The highest BCUT2D eigenvalue weighted by Gasteiger charge is 2.22. The first-order valence-corrected chi connectivity index (χ1v) is 6.21. The minimum atomic E-state index is 0.425. The van der Waals surface area contributed by atoms with Gasteiger partial charge in [0.05, 0.1) is 18.7 Å². The summed E-state index contributed by atoms with van der Waals surface area (Å²) in [5, 5.41) is 3.48. The van der Waals surface area contributed by atoms with Gasteiger partial charge in [-0.05, 0) is 46.9 Å². The average molecular weight is 286 g/mol. The van der Waals surface area contributed by atoms with E-state index in [0.717, 1.165) is 22.5 Å². The van der Waals surface area contributed by atoms with Crippen molar-refractivity contribution in [2.24, 2.45) is 0 Å². The van der Waals surface area contributed by atoms with Crippen molar-refractivity contribution in [2.45, 2.75) is 18.9 Å². The molecule has 0 aromatic heterocycles. The van der Waals surface area contributed by atoms with Gasteiger partial charge in [-0.15, -0.1) is 0 Å². The number of nitrogens with one attached hydrogen (secondary N) is 1. The highest BCUT2D eigenvalue weighted by Crippen LogP contribution is 2.41. The Bertz CT molecular complexity index is 376. The van der Waals surface area contributed by atoms with E-state index < -0.39 is 0 Å². The van der Waals surface area contributed by atoms with E-state index in [9.17, 15) is 0 Å². The van der Waals surface area contributed by atoms with E-state index >= 15 is 0 Å². The normalized spacial score (nSPS) is 19.8. The molecule has 1 aromatic rings. The zero-order valence-corrected chi connectivity index (χ0v) is 11.1. The van der Waals surface area contributed by atoms with Crippen LogP contribution in [0.4, 0.5) is 0 Å². The molecule has 1 unspecified atom stereocenters. The van der Waals surface area contributed by atoms with Crippen molar-refractivity contribution in [3.05, 3.63) is 22.2 Å². The molecule has 1 N–H and O–H groups in total. The molecular weight excluding hydrogens is 270 g/mol. The number of hydrogen-bond donors (Lipinski definition) is 1. The van der Waals surface area contributed by atoms with Gasteiger partial charge in [-0.2, -0.15) is 0 Å². The van der Waals surface area contributed by atoms with Crippen LogP contribution < -0.4 is 14.8 Å². The van der Waals surface area contributed by atoms with E-state index in [0.29, 0.717) is 6.04 Å². The largest absolute Gasteiger partial charge is 0.493 e. The first-order valence-electron chi connectivity index (χ1n) is 5.41. The number of benzene rings is 1. The molecule has 0 aliphatic carbocycles. The smallest absolute Gasteiger partial charge is 0.175 e. The number of rotatable bonds is 3. The second kappa shape index (κ2) is 5.06. The third kappa shape index (κ3) is 2.04. The summed E-state index contributed by atoms with van der Waals surface area (Å²) in [6, 6.07) is 4.47. The molecular formula is C12H16BrNO2. The molecule has 1 saturated heterocycles. The fraction of sp³-hybridized carbons (Fsp3) is 0.500. The fourth-order valence-corrected chi connectivity index (χ4v) is 2.89. The van der Waals surface area contributed by atoms with Gasteiger partial charge in [0.1, 0.15) is 0 Å². The fourth-order valence-electron chi connectivity index (χ4n) is 2.12. The van der Waals surface area contributed by atoms with Crippen LogP contribution in [0.15, 0.2) is 16.6 Å². The summed E-state index contributed by atoms with van der Waals surface area (Å²) in [7, 11) is 3.31. The van der Waals surface area contributed by atoms with Gasteiger partial charge in [0, 0.05) is 6.04 Å². The van der Waals surface area contributed by atoms with E-state index in [1.165, 1.54) is 18.4 Å². The molecule has 1 aromatic carbocycles. The van der Waals surface area contributed by atoms with Crippen molar-refractivity contribution in [2.75, 3.05) is 20.8 Å². The van der Waals surface area contributed by atoms with Crippen LogP contribution in [0.25, 0.3) is 0 Å². The summed E-state index contributed by atoms with van der Waals surface area (Å²) in [4.78, 5) is 0. The molecule has 1 fully saturated rings. The van der Waals surface area contributed by atoms with E-state index in [1.54, 1.807) is 14.2 Å². The van der Waals surface area contributed by atoms with Crippen molar-refractivity contribution in [3.63, 3.8) is 0 Å². The number of methoxy groups -OCH3 is 2. The Kier molecular flexibility index (Phi) is 3.71. The summed E-state index contributed by atoms with van der Waals surface area (Å²) in [5.41, 5.74) is 1.25. The molecule has 0 bridgehead atoms. The number of ether oxygens (including phenoxy) is 2. The Hall–Kier alpha value is -0.740. The molecule has 2 rings (SSSR count). The van der Waals surface area contributed by atoms with Crippen LogP contribution in [-0.2, 0) is 0 Å². The van der Waals surface area contributed by atoms with Gasteiger partial charge < -0.3 is 14.8 Å².